The van der Waals surface area contributed by atoms with Gasteiger partial charge < -0.3 is 5.32 Å². The summed E-state index contributed by atoms with van der Waals surface area (Å²) in [6.07, 6.45) is -2.87. The highest BCUT2D eigenvalue weighted by Crippen LogP contribution is 2.42. The van der Waals surface area contributed by atoms with Gasteiger partial charge in [0.2, 0.25) is 0 Å². The van der Waals surface area contributed by atoms with Gasteiger partial charge in [-0.25, -0.2) is 4.98 Å². The average Bonchev–Trinajstić information content (AvgIpc) is 2.58. The molecule has 0 saturated heterocycles. The van der Waals surface area contributed by atoms with Gasteiger partial charge in [-0.3, -0.25) is 0 Å². The van der Waals surface area contributed by atoms with Gasteiger partial charge in [-0.2, -0.15) is 13.2 Å². The Balaban J connectivity index is 2.69. The number of nitrogens with one attached hydrogen (secondary N) is 1. The van der Waals surface area contributed by atoms with Crippen LogP contribution in [0.15, 0.2) is 0 Å². The largest absolute Gasteiger partial charge is 0.433 e. The first kappa shape index (κ1) is 12.2. The van der Waals surface area contributed by atoms with E-state index >= 15 is 0 Å². The standard InChI is InChI=1S/C12H15F3N2/c1-6-4-5-8-9(6)10(16-3)7(2)11(17-8)12(13,14)15/h6H,4-5H2,1-3H3,(H,16,17). The summed E-state index contributed by atoms with van der Waals surface area (Å²) < 4.78 is 38.5. The zero-order valence-corrected chi connectivity index (χ0v) is 10.1. The molecule has 1 N–H and O–H groups in total. The Morgan fingerprint density at radius 2 is 2.00 bits per heavy atom. The molecule has 0 aliphatic heterocycles. The summed E-state index contributed by atoms with van der Waals surface area (Å²) in [5, 5.41) is 2.90. The summed E-state index contributed by atoms with van der Waals surface area (Å²) in [7, 11) is 1.66. The van der Waals surface area contributed by atoms with E-state index in [9.17, 15) is 13.2 Å². The molecule has 0 saturated carbocycles. The lowest BCUT2D eigenvalue weighted by Crippen LogP contribution is -2.15. The SMILES string of the molecule is CNc1c(C)c(C(F)(F)F)nc2c1C(C)CC2. The van der Waals surface area contributed by atoms with Crippen LogP contribution in [0.5, 0.6) is 0 Å². The lowest BCUT2D eigenvalue weighted by atomic mass is 9.99. The van der Waals surface area contributed by atoms with E-state index in [0.717, 1.165) is 12.0 Å². The minimum absolute atomic E-state index is 0.201. The number of hydrogen-bond donors (Lipinski definition) is 1. The minimum atomic E-state index is -4.38. The second-order valence-electron chi connectivity index (χ2n) is 4.51. The number of fused-ring (bicyclic) bond motifs is 1. The third-order valence-corrected chi connectivity index (χ3v) is 3.38. The van der Waals surface area contributed by atoms with E-state index in [4.69, 9.17) is 0 Å². The first-order valence-electron chi connectivity index (χ1n) is 5.64. The average molecular weight is 244 g/mol. The second-order valence-corrected chi connectivity index (χ2v) is 4.51. The van der Waals surface area contributed by atoms with Crippen LogP contribution in [-0.2, 0) is 12.6 Å². The Bertz CT molecular complexity index is 452. The van der Waals surface area contributed by atoms with E-state index in [1.165, 1.54) is 6.92 Å². The molecule has 1 aromatic rings. The number of alkyl halides is 3. The highest BCUT2D eigenvalue weighted by Gasteiger charge is 2.38. The fourth-order valence-electron chi connectivity index (χ4n) is 2.56. The molecule has 1 heterocycles. The molecule has 1 aromatic heterocycles. The number of anilines is 1. The molecular weight excluding hydrogens is 229 g/mol. The van der Waals surface area contributed by atoms with Crippen molar-refractivity contribution in [1.82, 2.24) is 4.98 Å². The maximum Gasteiger partial charge on any atom is 0.433 e. The third-order valence-electron chi connectivity index (χ3n) is 3.38. The Morgan fingerprint density at radius 3 is 2.53 bits per heavy atom. The number of halogens is 3. The van der Waals surface area contributed by atoms with Crippen molar-refractivity contribution in [2.24, 2.45) is 0 Å². The Morgan fingerprint density at radius 1 is 1.35 bits per heavy atom. The van der Waals surface area contributed by atoms with Gasteiger partial charge >= 0.3 is 6.18 Å². The van der Waals surface area contributed by atoms with Crippen LogP contribution in [0.2, 0.25) is 0 Å². The number of aryl methyl sites for hydroxylation is 1. The van der Waals surface area contributed by atoms with Crippen molar-refractivity contribution in [2.75, 3.05) is 12.4 Å². The van der Waals surface area contributed by atoms with Crippen molar-refractivity contribution in [3.63, 3.8) is 0 Å². The number of aromatic nitrogens is 1. The highest BCUT2D eigenvalue weighted by molar-refractivity contribution is 5.62. The van der Waals surface area contributed by atoms with Crippen LogP contribution in [0.3, 0.4) is 0 Å². The van der Waals surface area contributed by atoms with Crippen molar-refractivity contribution in [3.8, 4) is 0 Å². The zero-order chi connectivity index (χ0) is 12.8. The topological polar surface area (TPSA) is 24.9 Å². The van der Waals surface area contributed by atoms with Crippen LogP contribution in [0, 0.1) is 6.92 Å². The normalized spacial score (nSPS) is 19.3. The Hall–Kier alpha value is -1.26. The first-order valence-corrected chi connectivity index (χ1v) is 5.64. The lowest BCUT2D eigenvalue weighted by molar-refractivity contribution is -0.141. The molecule has 0 spiro atoms. The molecular formula is C12H15F3N2. The van der Waals surface area contributed by atoms with Crippen molar-refractivity contribution >= 4 is 5.69 Å². The van der Waals surface area contributed by atoms with Crippen molar-refractivity contribution in [1.29, 1.82) is 0 Å². The number of nitrogens with zero attached hydrogens (tertiary/aromatic N) is 1. The van der Waals surface area contributed by atoms with E-state index in [1.807, 2.05) is 6.92 Å². The Kier molecular flexibility index (Phi) is 2.79. The van der Waals surface area contributed by atoms with Crippen molar-refractivity contribution in [2.45, 2.75) is 38.8 Å². The maximum absolute atomic E-state index is 12.8. The third kappa shape index (κ3) is 1.87. The van der Waals surface area contributed by atoms with Gasteiger partial charge in [0.05, 0.1) is 0 Å². The molecule has 1 unspecified atom stereocenters. The molecule has 0 amide bonds. The Labute approximate surface area is 98.2 Å². The summed E-state index contributed by atoms with van der Waals surface area (Å²) in [6.45, 7) is 3.51. The predicted molar refractivity (Wildman–Crippen MR) is 60.3 cm³/mol. The molecule has 0 bridgehead atoms. The monoisotopic (exact) mass is 244 g/mol. The van der Waals surface area contributed by atoms with Gasteiger partial charge in [-0.1, -0.05) is 6.92 Å². The molecule has 1 aliphatic rings. The van der Waals surface area contributed by atoms with Gasteiger partial charge in [0, 0.05) is 24.0 Å². The molecule has 17 heavy (non-hydrogen) atoms. The summed E-state index contributed by atoms with van der Waals surface area (Å²) in [6, 6.07) is 0. The summed E-state index contributed by atoms with van der Waals surface area (Å²) >= 11 is 0. The van der Waals surface area contributed by atoms with Gasteiger partial charge in [0.15, 0.2) is 0 Å². The molecule has 0 radical (unpaired) electrons. The molecule has 0 fully saturated rings. The van der Waals surface area contributed by atoms with Gasteiger partial charge in [-0.15, -0.1) is 0 Å². The second kappa shape index (κ2) is 3.89. The minimum Gasteiger partial charge on any atom is -0.388 e. The van der Waals surface area contributed by atoms with E-state index in [2.05, 4.69) is 10.3 Å². The number of hydrogen-bond acceptors (Lipinski definition) is 2. The van der Waals surface area contributed by atoms with Crippen LogP contribution in [-0.4, -0.2) is 12.0 Å². The smallest absolute Gasteiger partial charge is 0.388 e. The number of rotatable bonds is 1. The lowest BCUT2D eigenvalue weighted by Gasteiger charge is -2.18. The van der Waals surface area contributed by atoms with Crippen LogP contribution < -0.4 is 5.32 Å². The quantitative estimate of drug-likeness (QED) is 0.817. The zero-order valence-electron chi connectivity index (χ0n) is 10.1. The van der Waals surface area contributed by atoms with Crippen LogP contribution in [0.4, 0.5) is 18.9 Å². The van der Waals surface area contributed by atoms with Gasteiger partial charge in [0.1, 0.15) is 5.69 Å². The molecule has 5 heteroatoms. The first-order chi connectivity index (χ1) is 7.86. The molecule has 1 aliphatic carbocycles. The fraction of sp³-hybridized carbons (Fsp3) is 0.583. The summed E-state index contributed by atoms with van der Waals surface area (Å²) in [5.74, 6) is 0.279. The van der Waals surface area contributed by atoms with Crippen LogP contribution >= 0.6 is 0 Å². The van der Waals surface area contributed by atoms with E-state index in [1.54, 1.807) is 7.05 Å². The maximum atomic E-state index is 12.8. The molecule has 2 nitrogen and oxygen atoms in total. The van der Waals surface area contributed by atoms with Crippen molar-refractivity contribution < 1.29 is 13.2 Å². The molecule has 1 atom stereocenters. The molecule has 2 rings (SSSR count). The van der Waals surface area contributed by atoms with Gasteiger partial charge in [-0.05, 0) is 31.2 Å². The number of pyridine rings is 1. The van der Waals surface area contributed by atoms with E-state index in [-0.39, 0.29) is 11.5 Å². The summed E-state index contributed by atoms with van der Waals surface area (Å²) in [5.41, 5.74) is 1.60. The van der Waals surface area contributed by atoms with Crippen molar-refractivity contribution in [3.05, 3.63) is 22.5 Å². The van der Waals surface area contributed by atoms with Crippen LogP contribution in [0.25, 0.3) is 0 Å². The van der Waals surface area contributed by atoms with Crippen LogP contribution in [0.1, 0.15) is 41.8 Å². The molecule has 0 aromatic carbocycles. The highest BCUT2D eigenvalue weighted by atomic mass is 19.4. The molecule has 94 valence electrons. The summed E-state index contributed by atoms with van der Waals surface area (Å²) in [4.78, 5) is 3.82. The fourth-order valence-corrected chi connectivity index (χ4v) is 2.56. The predicted octanol–water partition coefficient (Wildman–Crippen LogP) is 3.50. The van der Waals surface area contributed by atoms with E-state index in [0.29, 0.717) is 17.8 Å². The van der Waals surface area contributed by atoms with Gasteiger partial charge in [0.25, 0.3) is 0 Å². The van der Waals surface area contributed by atoms with E-state index < -0.39 is 11.9 Å².